The van der Waals surface area contributed by atoms with Gasteiger partial charge in [0.05, 0.1) is 38.0 Å². The molecule has 0 bridgehead atoms. The molecule has 0 aliphatic carbocycles. The van der Waals surface area contributed by atoms with Gasteiger partial charge in [-0.2, -0.15) is 0 Å². The van der Waals surface area contributed by atoms with Crippen molar-refractivity contribution >= 4 is 51.3 Å². The average molecular weight is 434 g/mol. The molecule has 150 valence electrons. The lowest BCUT2D eigenvalue weighted by atomic mass is 10.1. The molecule has 3 aromatic heterocycles. The van der Waals surface area contributed by atoms with Crippen molar-refractivity contribution in [3.63, 3.8) is 0 Å². The Morgan fingerprint density at radius 1 is 1.13 bits per heavy atom. The maximum atomic E-state index is 13.4. The van der Waals surface area contributed by atoms with E-state index in [1.165, 1.54) is 11.3 Å². The van der Waals surface area contributed by atoms with Gasteiger partial charge in [-0.3, -0.25) is 4.79 Å². The van der Waals surface area contributed by atoms with Crippen LogP contribution in [-0.2, 0) is 4.74 Å². The highest BCUT2D eigenvalue weighted by Gasteiger charge is 2.29. The summed E-state index contributed by atoms with van der Waals surface area (Å²) in [6.07, 6.45) is 1.92. The van der Waals surface area contributed by atoms with E-state index in [2.05, 4.69) is 11.8 Å². The molecule has 0 unspecified atom stereocenters. The summed E-state index contributed by atoms with van der Waals surface area (Å²) in [6, 6.07) is 14.8. The van der Waals surface area contributed by atoms with Gasteiger partial charge in [0.2, 0.25) is 5.78 Å². The van der Waals surface area contributed by atoms with Crippen LogP contribution in [0, 0.1) is 11.8 Å². The molecular weight excluding hydrogens is 414 g/mol. The third-order valence-corrected chi connectivity index (χ3v) is 6.95. The van der Waals surface area contributed by atoms with Crippen LogP contribution in [0.2, 0.25) is 0 Å². The molecule has 1 aromatic carbocycles. The van der Waals surface area contributed by atoms with E-state index in [1.54, 1.807) is 37.7 Å². The maximum absolute atomic E-state index is 13.4. The minimum atomic E-state index is -0.416. The molecule has 3 heterocycles. The number of ether oxygens (including phenoxy) is 1. The fourth-order valence-corrected chi connectivity index (χ4v) is 5.73. The summed E-state index contributed by atoms with van der Waals surface area (Å²) in [5, 5.41) is 0.658. The SMILES string of the molecule is CC#CCSc1sc(C(=O)c2ccccc2)c2c(C(=O)OCC)c3ccccn3c12. The number of hydrogen-bond donors (Lipinski definition) is 0. The molecule has 4 rings (SSSR count). The summed E-state index contributed by atoms with van der Waals surface area (Å²) in [4.78, 5) is 26.9. The van der Waals surface area contributed by atoms with Crippen molar-refractivity contribution in [3.05, 3.63) is 70.7 Å². The van der Waals surface area contributed by atoms with Crippen molar-refractivity contribution in [3.8, 4) is 11.8 Å². The van der Waals surface area contributed by atoms with Gasteiger partial charge in [0.15, 0.2) is 0 Å². The van der Waals surface area contributed by atoms with E-state index < -0.39 is 5.97 Å². The van der Waals surface area contributed by atoms with Crippen LogP contribution < -0.4 is 0 Å². The van der Waals surface area contributed by atoms with Crippen LogP contribution >= 0.6 is 23.1 Å². The second kappa shape index (κ2) is 8.78. The van der Waals surface area contributed by atoms with Gasteiger partial charge in [-0.05, 0) is 26.0 Å². The van der Waals surface area contributed by atoms with Crippen molar-refractivity contribution in [2.45, 2.75) is 18.1 Å². The lowest BCUT2D eigenvalue weighted by Crippen LogP contribution is -2.06. The molecule has 0 radical (unpaired) electrons. The van der Waals surface area contributed by atoms with Crippen LogP contribution in [0.25, 0.3) is 16.4 Å². The summed E-state index contributed by atoms with van der Waals surface area (Å²) < 4.78 is 8.30. The molecule has 0 aliphatic rings. The molecule has 4 nitrogen and oxygen atoms in total. The second-order valence-electron chi connectivity index (χ2n) is 6.40. The number of carbonyl (C=O) groups is 2. The first-order chi connectivity index (χ1) is 14.7. The zero-order valence-corrected chi connectivity index (χ0v) is 18.2. The first-order valence-corrected chi connectivity index (χ1v) is 11.3. The van der Waals surface area contributed by atoms with Crippen molar-refractivity contribution in [1.29, 1.82) is 0 Å². The van der Waals surface area contributed by atoms with Crippen LogP contribution in [0.4, 0.5) is 0 Å². The number of thioether (sulfide) groups is 1. The normalized spacial score (nSPS) is 10.7. The quantitative estimate of drug-likeness (QED) is 0.170. The fraction of sp³-hybridized carbons (Fsp3) is 0.167. The lowest BCUT2D eigenvalue weighted by Gasteiger charge is -2.03. The third kappa shape index (κ3) is 3.51. The Labute approximate surface area is 182 Å². The van der Waals surface area contributed by atoms with Crippen LogP contribution in [0.1, 0.15) is 39.4 Å². The Kier molecular flexibility index (Phi) is 5.93. The Morgan fingerprint density at radius 3 is 2.63 bits per heavy atom. The summed E-state index contributed by atoms with van der Waals surface area (Å²) >= 11 is 3.00. The van der Waals surface area contributed by atoms with Gasteiger partial charge >= 0.3 is 5.97 Å². The number of ketones is 1. The molecule has 0 amide bonds. The predicted octanol–water partition coefficient (Wildman–Crippen LogP) is 5.68. The van der Waals surface area contributed by atoms with Crippen molar-refractivity contribution in [2.24, 2.45) is 0 Å². The van der Waals surface area contributed by atoms with E-state index in [-0.39, 0.29) is 12.4 Å². The highest BCUT2D eigenvalue weighted by molar-refractivity contribution is 8.01. The van der Waals surface area contributed by atoms with Crippen molar-refractivity contribution < 1.29 is 14.3 Å². The standard InChI is InChI=1S/C24H19NO3S2/c1-3-5-15-29-24-20-19(22(30-24)21(26)16-11-7-6-8-12-16)18(23(27)28-4-2)17-13-9-10-14-25(17)20/h6-14H,4,15H2,1-2H3. The number of hydrogen-bond acceptors (Lipinski definition) is 5. The first-order valence-electron chi connectivity index (χ1n) is 9.52. The lowest BCUT2D eigenvalue weighted by molar-refractivity contribution is 0.0531. The minimum absolute atomic E-state index is 0.0968. The number of benzene rings is 1. The average Bonchev–Trinajstić information content (AvgIpc) is 3.30. The van der Waals surface area contributed by atoms with Gasteiger partial charge in [0.25, 0.3) is 0 Å². The van der Waals surface area contributed by atoms with Gasteiger partial charge in [-0.15, -0.1) is 29.0 Å². The Hall–Kier alpha value is -3.01. The molecule has 0 spiro atoms. The zero-order chi connectivity index (χ0) is 21.1. The molecular formula is C24H19NO3S2. The molecule has 0 saturated carbocycles. The molecule has 0 N–H and O–H groups in total. The number of carbonyl (C=O) groups excluding carboxylic acids is 2. The van der Waals surface area contributed by atoms with Gasteiger partial charge in [-0.25, -0.2) is 4.79 Å². The zero-order valence-electron chi connectivity index (χ0n) is 16.6. The van der Waals surface area contributed by atoms with E-state index in [9.17, 15) is 9.59 Å². The van der Waals surface area contributed by atoms with Gasteiger partial charge in [-0.1, -0.05) is 42.3 Å². The van der Waals surface area contributed by atoms with E-state index in [4.69, 9.17) is 4.74 Å². The fourth-order valence-electron chi connectivity index (χ4n) is 3.38. The van der Waals surface area contributed by atoms with Crippen molar-refractivity contribution in [2.75, 3.05) is 12.4 Å². The number of thiophene rings is 1. The molecule has 0 atom stereocenters. The molecule has 4 aromatic rings. The van der Waals surface area contributed by atoms with E-state index in [0.717, 1.165) is 15.2 Å². The monoisotopic (exact) mass is 433 g/mol. The van der Waals surface area contributed by atoms with E-state index >= 15 is 0 Å². The number of esters is 1. The highest BCUT2D eigenvalue weighted by atomic mass is 32.2. The molecule has 30 heavy (non-hydrogen) atoms. The number of nitrogens with zero attached hydrogens (tertiary/aromatic N) is 1. The third-order valence-electron chi connectivity index (χ3n) is 4.63. The van der Waals surface area contributed by atoms with Gasteiger partial charge in [0.1, 0.15) is 0 Å². The number of rotatable bonds is 6. The number of pyridine rings is 1. The predicted molar refractivity (Wildman–Crippen MR) is 123 cm³/mol. The molecule has 6 heteroatoms. The van der Waals surface area contributed by atoms with Crippen LogP contribution in [0.3, 0.4) is 0 Å². The maximum Gasteiger partial charge on any atom is 0.341 e. The Bertz CT molecular complexity index is 1310. The van der Waals surface area contributed by atoms with Crippen molar-refractivity contribution in [1.82, 2.24) is 4.40 Å². The summed E-state index contributed by atoms with van der Waals surface area (Å²) in [6.45, 7) is 3.85. The molecule has 0 aliphatic heterocycles. The van der Waals surface area contributed by atoms with Crippen LogP contribution in [0.15, 0.2) is 58.9 Å². The Balaban J connectivity index is 2.04. The molecule has 0 saturated heterocycles. The van der Waals surface area contributed by atoms with Gasteiger partial charge < -0.3 is 9.14 Å². The smallest absolute Gasteiger partial charge is 0.341 e. The number of aromatic nitrogens is 1. The van der Waals surface area contributed by atoms with Gasteiger partial charge in [0, 0.05) is 17.1 Å². The second-order valence-corrected chi connectivity index (χ2v) is 8.67. The summed E-state index contributed by atoms with van der Waals surface area (Å²) in [5.74, 6) is 6.07. The van der Waals surface area contributed by atoms with E-state index in [0.29, 0.717) is 27.1 Å². The van der Waals surface area contributed by atoms with E-state index in [1.807, 2.05) is 47.0 Å². The minimum Gasteiger partial charge on any atom is -0.462 e. The van der Waals surface area contributed by atoms with Crippen LogP contribution in [0.5, 0.6) is 0 Å². The number of fused-ring (bicyclic) bond motifs is 3. The largest absolute Gasteiger partial charge is 0.462 e. The summed E-state index contributed by atoms with van der Waals surface area (Å²) in [5.41, 5.74) is 2.63. The topological polar surface area (TPSA) is 47.8 Å². The molecule has 0 fully saturated rings. The van der Waals surface area contributed by atoms with Crippen LogP contribution in [-0.4, -0.2) is 28.5 Å². The summed E-state index contributed by atoms with van der Waals surface area (Å²) in [7, 11) is 0. The first kappa shape index (κ1) is 20.3. The Morgan fingerprint density at radius 2 is 1.90 bits per heavy atom. The highest BCUT2D eigenvalue weighted by Crippen LogP contribution is 2.43.